The zero-order valence-electron chi connectivity index (χ0n) is 103. The van der Waals surface area contributed by atoms with Crippen LogP contribution in [0.15, 0.2) is 218 Å². The largest absolute Gasteiger partial charge is 0.0683 e. The first kappa shape index (κ1) is 152. The van der Waals surface area contributed by atoms with Gasteiger partial charge < -0.3 is 0 Å². The number of rotatable bonds is 2. The lowest BCUT2D eigenvalue weighted by Crippen LogP contribution is -2.12. The van der Waals surface area contributed by atoms with Gasteiger partial charge in [-0.3, -0.25) is 0 Å². The average molecular weight is 1840 g/mol. The fourth-order valence-electron chi connectivity index (χ4n) is 8.81. The molecule has 0 N–H and O–H groups in total. The van der Waals surface area contributed by atoms with Crippen LogP contribution in [0.5, 0.6) is 0 Å². The van der Waals surface area contributed by atoms with Crippen molar-refractivity contribution < 1.29 is 0 Å². The Morgan fingerprint density at radius 3 is 0.594 bits per heavy atom. The van der Waals surface area contributed by atoms with Crippen molar-refractivity contribution in [1.29, 1.82) is 0 Å². The maximum atomic E-state index is 2.32. The summed E-state index contributed by atoms with van der Waals surface area (Å²) < 4.78 is 0. The molecule has 0 nitrogen and oxygen atoms in total. The van der Waals surface area contributed by atoms with Crippen LogP contribution >= 0.6 is 0 Å². The molecule has 0 saturated heterocycles. The second-order valence-corrected chi connectivity index (χ2v) is 53.0. The van der Waals surface area contributed by atoms with Crippen molar-refractivity contribution >= 4 is 21.5 Å². The first-order chi connectivity index (χ1) is 59.5. The molecule has 0 bridgehead atoms. The maximum Gasteiger partial charge on any atom is -0.0126 e. The summed E-state index contributed by atoms with van der Waals surface area (Å²) in [6, 6.07) is 77.9. The number of hydrogen-bond acceptors (Lipinski definition) is 0. The summed E-state index contributed by atoms with van der Waals surface area (Å²) >= 11 is 0. The minimum absolute atomic E-state index is 0.187. The molecular weight excluding hydrogens is 1600 g/mol. The average Bonchev–Trinajstić information content (AvgIpc) is 0.811. The molecule has 0 heteroatoms. The summed E-state index contributed by atoms with van der Waals surface area (Å²) in [6.07, 6.45) is 0. The van der Waals surface area contributed by atoms with Crippen LogP contribution in [-0.4, -0.2) is 0 Å². The Bertz CT molecular complexity index is 3760. The van der Waals surface area contributed by atoms with E-state index in [1.165, 1.54) is 77.2 Å². The van der Waals surface area contributed by atoms with Gasteiger partial charge in [-0.1, -0.05) is 689 Å². The summed E-state index contributed by atoms with van der Waals surface area (Å²) in [5, 5.41) is 5.36. The minimum Gasteiger partial charge on any atom is -0.0683 e. The first-order valence-corrected chi connectivity index (χ1v) is 51.9. The van der Waals surface area contributed by atoms with Gasteiger partial charge in [0.25, 0.3) is 0 Å². The van der Waals surface area contributed by atoms with Gasteiger partial charge in [0.2, 0.25) is 0 Å². The van der Waals surface area contributed by atoms with E-state index in [1.54, 1.807) is 0 Å². The van der Waals surface area contributed by atoms with E-state index in [0.717, 1.165) is 0 Å². The van der Waals surface area contributed by atoms with Crippen LogP contribution in [0.4, 0.5) is 0 Å². The highest BCUT2D eigenvalue weighted by Gasteiger charge is 2.21. The number of hydrogen-bond donors (Lipinski definition) is 0. The standard InChI is InChI=1S/C20H26.C16H18.2C14H16.C10H14.9C5H12.7C2H6/c1-19(2,3)17-11-7-9-15(13-17)16-10-8-12-18(14-16)20(4,5)6;1-16(2,3)15-12-8-7-11-14(15)13-9-5-4-6-10-13;1-14(2,3)13-10-6-8-11-7-4-5-9-12(11)13;1-14(2,3)13-9-8-11-6-4-5-7-12(11)10-13;1-10(2,3)9-7-5-4-6-8-9;9*1-5(2,3)4;7*1-2/h7-14H,1-6H3;4-12H,1-3H3;2*4-10H,1-3H3;4-8H,1-3H3;9*1-4H3;7*1-2H3. The van der Waals surface area contributed by atoms with Crippen molar-refractivity contribution in [3.8, 4) is 22.3 Å². The summed E-state index contributed by atoms with van der Waals surface area (Å²) in [6.45, 7) is 147. The van der Waals surface area contributed by atoms with Crippen LogP contribution in [0.3, 0.4) is 0 Å². The summed E-state index contributed by atoms with van der Waals surface area (Å²) in [5.74, 6) is 0. The van der Waals surface area contributed by atoms with E-state index in [2.05, 4.69) is 592 Å². The monoisotopic (exact) mass is 1840 g/mol. The fourth-order valence-corrected chi connectivity index (χ4v) is 8.81. The van der Waals surface area contributed by atoms with Crippen molar-refractivity contribution in [1.82, 2.24) is 0 Å². The van der Waals surface area contributed by atoms with E-state index in [0.29, 0.717) is 54.1 Å². The summed E-state index contributed by atoms with van der Waals surface area (Å²) in [5.41, 5.74) is 19.5. The molecule has 0 heterocycles. The van der Waals surface area contributed by atoms with Gasteiger partial charge in [-0.15, -0.1) is 0 Å². The third-order valence-corrected chi connectivity index (χ3v) is 13.5. The smallest absolute Gasteiger partial charge is 0.0126 e. The van der Waals surface area contributed by atoms with E-state index >= 15 is 0 Å². The van der Waals surface area contributed by atoms with Crippen molar-refractivity contribution in [2.75, 3.05) is 0 Å². The van der Waals surface area contributed by atoms with E-state index in [1.807, 2.05) is 96.9 Å². The molecule has 9 rings (SSSR count). The summed E-state index contributed by atoms with van der Waals surface area (Å²) in [7, 11) is 0. The van der Waals surface area contributed by atoms with E-state index < -0.39 is 0 Å². The van der Waals surface area contributed by atoms with Gasteiger partial charge in [-0.05, 0) is 158 Å². The van der Waals surface area contributed by atoms with Crippen molar-refractivity contribution in [3.63, 3.8) is 0 Å². The van der Waals surface area contributed by atoms with Gasteiger partial charge in [0, 0.05) is 0 Å². The topological polar surface area (TPSA) is 0 Å². The Labute approximate surface area is 842 Å². The van der Waals surface area contributed by atoms with Gasteiger partial charge >= 0.3 is 0 Å². The van der Waals surface area contributed by atoms with Crippen LogP contribution < -0.4 is 0 Å². The lowest BCUT2D eigenvalue weighted by molar-refractivity contribution is 0.469. The Morgan fingerprint density at radius 1 is 0.128 bits per heavy atom. The maximum absolute atomic E-state index is 2.32. The lowest BCUT2D eigenvalue weighted by Gasteiger charge is -2.23. The third kappa shape index (κ3) is 122. The van der Waals surface area contributed by atoms with Crippen LogP contribution in [0.1, 0.15) is 504 Å². The molecular formula is C133H240. The highest BCUT2D eigenvalue weighted by atomic mass is 14.3. The first-order valence-electron chi connectivity index (χ1n) is 51.9. The second-order valence-electron chi connectivity index (χ2n) is 53.0. The van der Waals surface area contributed by atoms with Crippen LogP contribution in [0.25, 0.3) is 43.8 Å². The molecule has 0 aliphatic heterocycles. The quantitative estimate of drug-likeness (QED) is 0.162. The molecule has 0 fully saturated rings. The van der Waals surface area contributed by atoms with E-state index in [-0.39, 0.29) is 27.1 Å². The van der Waals surface area contributed by atoms with E-state index in [4.69, 9.17) is 0 Å². The van der Waals surface area contributed by atoms with Gasteiger partial charge in [0.1, 0.15) is 0 Å². The lowest BCUT2D eigenvalue weighted by atomic mass is 9.82. The number of fused-ring (bicyclic) bond motifs is 2. The summed E-state index contributed by atoms with van der Waals surface area (Å²) in [4.78, 5) is 0. The molecule has 9 aromatic rings. The van der Waals surface area contributed by atoms with E-state index in [9.17, 15) is 0 Å². The van der Waals surface area contributed by atoms with Crippen molar-refractivity contribution in [3.05, 3.63) is 252 Å². The highest BCUT2D eigenvalue weighted by Crippen LogP contribution is 2.35. The third-order valence-electron chi connectivity index (χ3n) is 13.5. The molecule has 0 saturated carbocycles. The predicted molar refractivity (Wildman–Crippen MR) is 636 cm³/mol. The van der Waals surface area contributed by atoms with Crippen molar-refractivity contribution in [2.24, 2.45) is 48.7 Å². The fraction of sp³-hybridized carbons (Fsp3) is 0.624. The predicted octanol–water partition coefficient (Wildman–Crippen LogP) is 47.5. The Morgan fingerprint density at radius 2 is 0.323 bits per heavy atom. The molecule has 772 valence electrons. The molecule has 0 atom stereocenters. The molecule has 133 heavy (non-hydrogen) atoms. The SMILES string of the molecule is CC.CC.CC.CC.CC.CC.CC.CC(C)(C)C.CC(C)(C)C.CC(C)(C)C.CC(C)(C)C.CC(C)(C)C.CC(C)(C)C.CC(C)(C)C.CC(C)(C)C.CC(C)(C)C.CC(C)(C)c1ccc2ccccc2c1.CC(C)(C)c1cccc(-c2cccc(C(C)(C)C)c2)c1.CC(C)(C)c1cccc2ccccc12.CC(C)(C)c1ccccc1.CC(C)(C)c1ccccc1-c1ccccc1. The zero-order chi connectivity index (χ0) is 109. The van der Waals surface area contributed by atoms with Crippen LogP contribution in [0, 0.1) is 48.7 Å². The normalized spacial score (nSPS) is 11.0. The number of benzene rings is 9. The van der Waals surface area contributed by atoms with Crippen LogP contribution in [-0.2, 0) is 32.5 Å². The minimum atomic E-state index is 0.187. The molecule has 0 aliphatic carbocycles. The molecule has 0 unspecified atom stereocenters. The van der Waals surface area contributed by atoms with Gasteiger partial charge in [0.15, 0.2) is 0 Å². The zero-order valence-corrected chi connectivity index (χ0v) is 103. The van der Waals surface area contributed by atoms with Crippen LogP contribution in [0.2, 0.25) is 0 Å². The molecule has 0 aromatic heterocycles. The second kappa shape index (κ2) is 74.6. The van der Waals surface area contributed by atoms with Gasteiger partial charge in [0.05, 0.1) is 0 Å². The van der Waals surface area contributed by atoms with Gasteiger partial charge in [-0.2, -0.15) is 0 Å². The Hall–Kier alpha value is -6.50. The van der Waals surface area contributed by atoms with Crippen molar-refractivity contribution in [2.45, 2.75) is 503 Å². The Kier molecular flexibility index (Phi) is 85.2. The Balaban J connectivity index is -0.000000121. The highest BCUT2D eigenvalue weighted by molar-refractivity contribution is 5.86. The molecule has 0 radical (unpaired) electrons. The molecule has 0 spiro atoms. The molecule has 0 amide bonds. The molecule has 0 aliphatic rings. The van der Waals surface area contributed by atoms with Gasteiger partial charge in [-0.25, -0.2) is 0 Å². The molecule has 9 aromatic carbocycles.